The van der Waals surface area contributed by atoms with Gasteiger partial charge in [-0.25, -0.2) is 0 Å². The average molecular weight is 429 g/mol. The first-order chi connectivity index (χ1) is 10.1. The molecule has 0 aliphatic heterocycles. The minimum Gasteiger partial charge on any atom is -0.367 e. The van der Waals surface area contributed by atoms with Gasteiger partial charge in [0.1, 0.15) is 5.69 Å². The molecule has 0 saturated heterocycles. The Balaban J connectivity index is 2.28. The summed E-state index contributed by atoms with van der Waals surface area (Å²) in [5, 5.41) is 4.65. The van der Waals surface area contributed by atoms with E-state index >= 15 is 0 Å². The predicted octanol–water partition coefficient (Wildman–Crippen LogP) is 5.77. The first-order valence-corrected chi connectivity index (χ1v) is 8.00. The molecular formula is C15H9Br2ClN2O. The Labute approximate surface area is 143 Å². The highest BCUT2D eigenvalue weighted by atomic mass is 79.9. The van der Waals surface area contributed by atoms with Gasteiger partial charge in [0.25, 0.3) is 0 Å². The van der Waals surface area contributed by atoms with Gasteiger partial charge in [-0.1, -0.05) is 63.0 Å². The normalized spacial score (nSPS) is 10.8. The van der Waals surface area contributed by atoms with Crippen LogP contribution in [0.25, 0.3) is 22.4 Å². The van der Waals surface area contributed by atoms with E-state index in [-0.39, 0.29) is 5.88 Å². The molecular weight excluding hydrogens is 419 g/mol. The summed E-state index contributed by atoms with van der Waals surface area (Å²) in [5.74, 6) is 0.257. The molecule has 3 aromatic rings. The first-order valence-electron chi connectivity index (χ1n) is 6.04. The number of nitrogen functional groups attached to an aromatic ring is 1. The van der Waals surface area contributed by atoms with E-state index in [1.807, 2.05) is 42.5 Å². The molecule has 1 aromatic heterocycles. The van der Waals surface area contributed by atoms with Gasteiger partial charge in [0.2, 0.25) is 5.88 Å². The highest BCUT2D eigenvalue weighted by Gasteiger charge is 2.21. The van der Waals surface area contributed by atoms with Gasteiger partial charge in [-0.05, 0) is 28.1 Å². The number of benzene rings is 2. The van der Waals surface area contributed by atoms with Crippen molar-refractivity contribution in [2.75, 3.05) is 5.73 Å². The van der Waals surface area contributed by atoms with Gasteiger partial charge in [0.05, 0.1) is 10.6 Å². The van der Waals surface area contributed by atoms with Crippen LogP contribution in [0.3, 0.4) is 0 Å². The maximum Gasteiger partial charge on any atom is 0.230 e. The smallest absolute Gasteiger partial charge is 0.230 e. The molecule has 3 nitrogen and oxygen atoms in total. The van der Waals surface area contributed by atoms with E-state index in [2.05, 4.69) is 37.0 Å². The molecule has 0 unspecified atom stereocenters. The van der Waals surface area contributed by atoms with E-state index in [0.717, 1.165) is 25.6 Å². The fourth-order valence-electron chi connectivity index (χ4n) is 2.10. The van der Waals surface area contributed by atoms with E-state index in [4.69, 9.17) is 21.9 Å². The Kier molecular flexibility index (Phi) is 4.06. The van der Waals surface area contributed by atoms with E-state index in [1.54, 1.807) is 0 Å². The van der Waals surface area contributed by atoms with Gasteiger partial charge < -0.3 is 10.3 Å². The fourth-order valence-corrected chi connectivity index (χ4v) is 3.16. The van der Waals surface area contributed by atoms with Crippen LogP contribution in [-0.4, -0.2) is 5.16 Å². The van der Waals surface area contributed by atoms with Crippen LogP contribution >= 0.6 is 43.5 Å². The van der Waals surface area contributed by atoms with E-state index < -0.39 is 0 Å². The zero-order valence-electron chi connectivity index (χ0n) is 10.6. The molecule has 3 rings (SSSR count). The molecule has 0 saturated carbocycles. The maximum atomic E-state index is 6.36. The van der Waals surface area contributed by atoms with Crippen molar-refractivity contribution in [2.24, 2.45) is 0 Å². The molecule has 106 valence electrons. The molecule has 21 heavy (non-hydrogen) atoms. The van der Waals surface area contributed by atoms with Crippen LogP contribution in [0.4, 0.5) is 5.88 Å². The molecule has 0 atom stereocenters. The number of aromatic nitrogens is 1. The van der Waals surface area contributed by atoms with Crippen LogP contribution in [0.2, 0.25) is 5.02 Å². The SMILES string of the molecule is Nc1onc(-c2cccc(Br)c2Cl)c1-c1ccccc1Br. The van der Waals surface area contributed by atoms with Gasteiger partial charge in [0, 0.05) is 20.1 Å². The summed E-state index contributed by atoms with van der Waals surface area (Å²) in [6.07, 6.45) is 0. The van der Waals surface area contributed by atoms with Crippen LogP contribution < -0.4 is 5.73 Å². The van der Waals surface area contributed by atoms with Crippen molar-refractivity contribution in [1.29, 1.82) is 0 Å². The molecule has 0 aliphatic carbocycles. The molecule has 0 fully saturated rings. The average Bonchev–Trinajstić information content (AvgIpc) is 2.84. The summed E-state index contributed by atoms with van der Waals surface area (Å²) in [7, 11) is 0. The monoisotopic (exact) mass is 426 g/mol. The zero-order chi connectivity index (χ0) is 15.0. The quantitative estimate of drug-likeness (QED) is 0.564. The van der Waals surface area contributed by atoms with E-state index in [0.29, 0.717) is 10.7 Å². The lowest BCUT2D eigenvalue weighted by molar-refractivity contribution is 0.439. The summed E-state index contributed by atoms with van der Waals surface area (Å²) in [4.78, 5) is 0. The van der Waals surface area contributed by atoms with Crippen LogP contribution in [-0.2, 0) is 0 Å². The standard InChI is InChI=1S/C15H9Br2ClN2O/c16-10-6-2-1-4-8(10)12-14(20-21-15(12)19)9-5-3-7-11(17)13(9)18/h1-7H,19H2. The second kappa shape index (κ2) is 5.83. The molecule has 6 heteroatoms. The topological polar surface area (TPSA) is 52.0 Å². The Hall–Kier alpha value is -1.30. The van der Waals surface area contributed by atoms with Crippen molar-refractivity contribution >= 4 is 49.3 Å². The van der Waals surface area contributed by atoms with E-state index in [9.17, 15) is 0 Å². The second-order valence-electron chi connectivity index (χ2n) is 4.35. The third kappa shape index (κ3) is 2.61. The number of rotatable bonds is 2. The van der Waals surface area contributed by atoms with Crippen LogP contribution in [0, 0.1) is 0 Å². The van der Waals surface area contributed by atoms with Gasteiger partial charge in [-0.15, -0.1) is 0 Å². The molecule has 1 heterocycles. The van der Waals surface area contributed by atoms with Crippen LogP contribution in [0.1, 0.15) is 0 Å². The summed E-state index contributed by atoms with van der Waals surface area (Å²) in [6, 6.07) is 13.4. The lowest BCUT2D eigenvalue weighted by Crippen LogP contribution is -1.89. The van der Waals surface area contributed by atoms with Crippen molar-refractivity contribution < 1.29 is 4.52 Å². The first kappa shape index (κ1) is 14.6. The lowest BCUT2D eigenvalue weighted by atomic mass is 10.0. The van der Waals surface area contributed by atoms with Crippen molar-refractivity contribution in [1.82, 2.24) is 5.16 Å². The number of nitrogens with zero attached hydrogens (tertiary/aromatic N) is 1. The molecule has 0 spiro atoms. The predicted molar refractivity (Wildman–Crippen MR) is 92.2 cm³/mol. The number of anilines is 1. The highest BCUT2D eigenvalue weighted by molar-refractivity contribution is 9.11. The maximum absolute atomic E-state index is 6.36. The van der Waals surface area contributed by atoms with Crippen molar-refractivity contribution in [3.8, 4) is 22.4 Å². The summed E-state index contributed by atoms with van der Waals surface area (Å²) in [5.41, 5.74) is 8.97. The fraction of sp³-hybridized carbons (Fsp3) is 0. The Bertz CT molecular complexity index is 817. The third-order valence-corrected chi connectivity index (χ3v) is 5.06. The second-order valence-corrected chi connectivity index (χ2v) is 6.44. The largest absolute Gasteiger partial charge is 0.367 e. The van der Waals surface area contributed by atoms with E-state index in [1.165, 1.54) is 0 Å². The summed E-state index contributed by atoms with van der Waals surface area (Å²) in [6.45, 7) is 0. The number of hydrogen-bond donors (Lipinski definition) is 1. The molecule has 2 N–H and O–H groups in total. The third-order valence-electron chi connectivity index (χ3n) is 3.07. The number of halogens is 3. The van der Waals surface area contributed by atoms with Gasteiger partial charge in [-0.3, -0.25) is 0 Å². The van der Waals surface area contributed by atoms with Crippen LogP contribution in [0.5, 0.6) is 0 Å². The Morgan fingerprint density at radius 1 is 0.952 bits per heavy atom. The molecule has 2 aromatic carbocycles. The Morgan fingerprint density at radius 2 is 1.62 bits per heavy atom. The number of hydrogen-bond acceptors (Lipinski definition) is 3. The van der Waals surface area contributed by atoms with Crippen molar-refractivity contribution in [3.05, 3.63) is 56.4 Å². The van der Waals surface area contributed by atoms with Gasteiger partial charge in [0.15, 0.2) is 0 Å². The zero-order valence-corrected chi connectivity index (χ0v) is 14.5. The molecule has 0 amide bonds. The molecule has 0 aliphatic rings. The van der Waals surface area contributed by atoms with Gasteiger partial charge >= 0.3 is 0 Å². The summed E-state index contributed by atoms with van der Waals surface area (Å²) < 4.78 is 6.89. The molecule has 0 radical (unpaired) electrons. The van der Waals surface area contributed by atoms with Crippen molar-refractivity contribution in [3.63, 3.8) is 0 Å². The van der Waals surface area contributed by atoms with Crippen LogP contribution in [0.15, 0.2) is 55.9 Å². The number of nitrogens with two attached hydrogens (primary N) is 1. The van der Waals surface area contributed by atoms with Gasteiger partial charge in [-0.2, -0.15) is 0 Å². The Morgan fingerprint density at radius 3 is 2.38 bits per heavy atom. The minimum absolute atomic E-state index is 0.257. The lowest BCUT2D eigenvalue weighted by Gasteiger charge is -2.07. The highest BCUT2D eigenvalue weighted by Crippen LogP contribution is 2.42. The minimum atomic E-state index is 0.257. The summed E-state index contributed by atoms with van der Waals surface area (Å²) >= 11 is 13.3. The van der Waals surface area contributed by atoms with Crippen molar-refractivity contribution in [2.45, 2.75) is 0 Å². The molecule has 0 bridgehead atoms.